The first-order valence-corrected chi connectivity index (χ1v) is 6.35. The van der Waals surface area contributed by atoms with Gasteiger partial charge in [0.25, 0.3) is 0 Å². The van der Waals surface area contributed by atoms with Crippen molar-refractivity contribution in [2.24, 2.45) is 11.7 Å². The lowest BCUT2D eigenvalue weighted by Gasteiger charge is -2.23. The van der Waals surface area contributed by atoms with Crippen molar-refractivity contribution >= 4 is 17.9 Å². The Morgan fingerprint density at radius 1 is 1.26 bits per heavy atom. The van der Waals surface area contributed by atoms with Crippen molar-refractivity contribution in [3.05, 3.63) is 0 Å². The Morgan fingerprint density at radius 3 is 2.37 bits per heavy atom. The van der Waals surface area contributed by atoms with E-state index < -0.39 is 11.9 Å². The lowest BCUT2D eigenvalue weighted by molar-refractivity contribution is -0.137. The van der Waals surface area contributed by atoms with Crippen LogP contribution in [0.4, 0.5) is 4.79 Å². The van der Waals surface area contributed by atoms with E-state index in [1.807, 2.05) is 13.8 Å². The van der Waals surface area contributed by atoms with Crippen LogP contribution >= 0.6 is 0 Å². The third-order valence-electron chi connectivity index (χ3n) is 2.31. The second-order valence-electron chi connectivity index (χ2n) is 4.82. The number of hydrogen-bond donors (Lipinski definition) is 3. The highest BCUT2D eigenvalue weighted by Crippen LogP contribution is 2.00. The summed E-state index contributed by atoms with van der Waals surface area (Å²) in [7, 11) is 0. The molecule has 0 unspecified atom stereocenters. The van der Waals surface area contributed by atoms with E-state index in [0.29, 0.717) is 25.9 Å². The second kappa shape index (κ2) is 9.18. The van der Waals surface area contributed by atoms with Crippen molar-refractivity contribution in [3.8, 4) is 0 Å². The zero-order chi connectivity index (χ0) is 14.8. The number of hydrogen-bond acceptors (Lipinski definition) is 3. The Hall–Kier alpha value is -1.79. The minimum absolute atomic E-state index is 0.0901. The molecule has 19 heavy (non-hydrogen) atoms. The van der Waals surface area contributed by atoms with Crippen molar-refractivity contribution in [1.82, 2.24) is 10.2 Å². The van der Waals surface area contributed by atoms with Crippen molar-refractivity contribution in [2.45, 2.75) is 33.1 Å². The summed E-state index contributed by atoms with van der Waals surface area (Å²) >= 11 is 0. The summed E-state index contributed by atoms with van der Waals surface area (Å²) in [5, 5.41) is 11.1. The fourth-order valence-corrected chi connectivity index (χ4v) is 1.56. The Labute approximate surface area is 113 Å². The highest BCUT2D eigenvalue weighted by molar-refractivity contribution is 5.82. The van der Waals surface area contributed by atoms with Crippen LogP contribution in [-0.2, 0) is 9.59 Å². The predicted octanol–water partition coefficient (Wildman–Crippen LogP) is 0.394. The summed E-state index contributed by atoms with van der Waals surface area (Å²) in [6, 6.07) is -0.345. The van der Waals surface area contributed by atoms with E-state index in [1.54, 1.807) is 0 Å². The molecular weight excluding hydrogens is 250 g/mol. The van der Waals surface area contributed by atoms with Gasteiger partial charge in [0.05, 0.1) is 0 Å². The van der Waals surface area contributed by atoms with Crippen LogP contribution in [0.5, 0.6) is 0 Å². The lowest BCUT2D eigenvalue weighted by Crippen LogP contribution is -2.46. The normalized spacial score (nSPS) is 10.3. The fraction of sp³-hybridized carbons (Fsp3) is 0.750. The molecule has 7 heteroatoms. The van der Waals surface area contributed by atoms with Gasteiger partial charge in [0.15, 0.2) is 0 Å². The van der Waals surface area contributed by atoms with Gasteiger partial charge in [-0.1, -0.05) is 13.8 Å². The third kappa shape index (κ3) is 9.87. The largest absolute Gasteiger partial charge is 0.481 e. The summed E-state index contributed by atoms with van der Waals surface area (Å²) in [4.78, 5) is 34.3. The molecule has 4 N–H and O–H groups in total. The Kier molecular flexibility index (Phi) is 8.32. The van der Waals surface area contributed by atoms with Gasteiger partial charge in [-0.3, -0.25) is 9.59 Å². The zero-order valence-corrected chi connectivity index (χ0v) is 11.5. The summed E-state index contributed by atoms with van der Waals surface area (Å²) < 4.78 is 0. The van der Waals surface area contributed by atoms with Gasteiger partial charge >= 0.3 is 12.0 Å². The van der Waals surface area contributed by atoms with Crippen molar-refractivity contribution in [3.63, 3.8) is 0 Å². The van der Waals surface area contributed by atoms with Crippen LogP contribution in [0.2, 0.25) is 0 Å². The lowest BCUT2D eigenvalue weighted by atomic mass is 10.2. The van der Waals surface area contributed by atoms with Gasteiger partial charge in [0.1, 0.15) is 6.54 Å². The number of carbonyl (C=O) groups is 3. The molecule has 0 heterocycles. The van der Waals surface area contributed by atoms with Gasteiger partial charge in [-0.05, 0) is 18.8 Å². The van der Waals surface area contributed by atoms with E-state index >= 15 is 0 Å². The van der Waals surface area contributed by atoms with Crippen molar-refractivity contribution < 1.29 is 19.5 Å². The number of amides is 3. The maximum atomic E-state index is 11.8. The molecular formula is C12H23N3O4. The van der Waals surface area contributed by atoms with Crippen LogP contribution in [0.1, 0.15) is 33.1 Å². The molecule has 0 aromatic heterocycles. The molecule has 0 bridgehead atoms. The monoisotopic (exact) mass is 273 g/mol. The van der Waals surface area contributed by atoms with Gasteiger partial charge in [-0.15, -0.1) is 0 Å². The molecule has 0 aromatic carbocycles. The molecule has 0 aliphatic carbocycles. The van der Waals surface area contributed by atoms with E-state index in [0.717, 1.165) is 0 Å². The average molecular weight is 273 g/mol. The summed E-state index contributed by atoms with van der Waals surface area (Å²) in [6.07, 6.45) is 1.19. The Balaban J connectivity index is 4.03. The van der Waals surface area contributed by atoms with E-state index in [9.17, 15) is 14.4 Å². The van der Waals surface area contributed by atoms with Crippen LogP contribution in [0, 0.1) is 5.92 Å². The van der Waals surface area contributed by atoms with Crippen molar-refractivity contribution in [1.29, 1.82) is 0 Å². The number of primary amides is 1. The smallest absolute Gasteiger partial charge is 0.317 e. The number of carbonyl (C=O) groups excluding carboxylic acids is 2. The van der Waals surface area contributed by atoms with Gasteiger partial charge in [0, 0.05) is 19.5 Å². The van der Waals surface area contributed by atoms with Crippen LogP contribution in [0.25, 0.3) is 0 Å². The average Bonchev–Trinajstić information content (AvgIpc) is 2.25. The molecule has 0 radical (unpaired) electrons. The van der Waals surface area contributed by atoms with Gasteiger partial charge in [0.2, 0.25) is 5.91 Å². The number of nitrogens with one attached hydrogen (secondary N) is 1. The zero-order valence-electron chi connectivity index (χ0n) is 11.5. The van der Waals surface area contributed by atoms with E-state index in [2.05, 4.69) is 5.32 Å². The molecule has 110 valence electrons. The maximum Gasteiger partial charge on any atom is 0.317 e. The molecule has 0 aromatic rings. The molecule has 0 atom stereocenters. The first kappa shape index (κ1) is 17.2. The van der Waals surface area contributed by atoms with Gasteiger partial charge in [-0.2, -0.15) is 0 Å². The molecule has 0 saturated heterocycles. The molecule has 0 saturated carbocycles. The van der Waals surface area contributed by atoms with Crippen LogP contribution in [-0.4, -0.2) is 47.5 Å². The number of carboxylic acid groups (broad SMARTS) is 1. The molecule has 7 nitrogen and oxygen atoms in total. The number of urea groups is 1. The quantitative estimate of drug-likeness (QED) is 0.527. The molecule has 0 aliphatic rings. The standard InChI is InChI=1S/C12H23N3O4/c1-9(2)7-15(8-10(13)16)12(19)14-6-4-3-5-11(17)18/h9H,3-8H2,1-2H3,(H2,13,16)(H,14,19)(H,17,18). The minimum Gasteiger partial charge on any atom is -0.481 e. The number of carboxylic acids is 1. The highest BCUT2D eigenvalue weighted by Gasteiger charge is 2.16. The number of rotatable bonds is 9. The maximum absolute atomic E-state index is 11.8. The van der Waals surface area contributed by atoms with E-state index in [-0.39, 0.29) is 24.9 Å². The minimum atomic E-state index is -0.846. The van der Waals surface area contributed by atoms with E-state index in [1.165, 1.54) is 4.90 Å². The third-order valence-corrected chi connectivity index (χ3v) is 2.31. The topological polar surface area (TPSA) is 113 Å². The first-order valence-electron chi connectivity index (χ1n) is 6.35. The molecule has 3 amide bonds. The van der Waals surface area contributed by atoms with Crippen LogP contribution in [0.3, 0.4) is 0 Å². The molecule has 0 fully saturated rings. The van der Waals surface area contributed by atoms with Gasteiger partial charge < -0.3 is 21.1 Å². The SMILES string of the molecule is CC(C)CN(CC(N)=O)C(=O)NCCCCC(=O)O. The Bertz CT molecular complexity index is 318. The number of nitrogens with two attached hydrogens (primary N) is 1. The number of aliphatic carboxylic acids is 1. The number of nitrogens with zero attached hydrogens (tertiary/aromatic N) is 1. The number of unbranched alkanes of at least 4 members (excludes halogenated alkanes) is 1. The molecule has 0 aliphatic heterocycles. The fourth-order valence-electron chi connectivity index (χ4n) is 1.56. The Morgan fingerprint density at radius 2 is 1.89 bits per heavy atom. The highest BCUT2D eigenvalue weighted by atomic mass is 16.4. The van der Waals surface area contributed by atoms with Gasteiger partial charge in [-0.25, -0.2) is 4.79 Å². The summed E-state index contributed by atoms with van der Waals surface area (Å²) in [5.74, 6) is -1.17. The van der Waals surface area contributed by atoms with Crippen molar-refractivity contribution in [2.75, 3.05) is 19.6 Å². The van der Waals surface area contributed by atoms with Crippen LogP contribution in [0.15, 0.2) is 0 Å². The molecule has 0 rings (SSSR count). The second-order valence-corrected chi connectivity index (χ2v) is 4.82. The van der Waals surface area contributed by atoms with Crippen LogP contribution < -0.4 is 11.1 Å². The first-order chi connectivity index (χ1) is 8.82. The van der Waals surface area contributed by atoms with E-state index in [4.69, 9.17) is 10.8 Å². The molecule has 0 spiro atoms. The predicted molar refractivity (Wildman–Crippen MR) is 70.5 cm³/mol. The summed E-state index contributed by atoms with van der Waals surface area (Å²) in [6.45, 7) is 4.60. The summed E-state index contributed by atoms with van der Waals surface area (Å²) in [5.41, 5.74) is 5.09.